The van der Waals surface area contributed by atoms with Crippen molar-refractivity contribution >= 4 is 5.91 Å². The Morgan fingerprint density at radius 2 is 2.05 bits per heavy atom. The van der Waals surface area contributed by atoms with Gasteiger partial charge < -0.3 is 9.42 Å². The van der Waals surface area contributed by atoms with Crippen LogP contribution in [-0.4, -0.2) is 53.5 Å². The SMILES string of the molecule is Cc1cccc(-c2noc(CN(C)CC(=O)N(C)C)n2)c1. The van der Waals surface area contributed by atoms with E-state index in [9.17, 15) is 4.79 Å². The molecule has 6 heteroatoms. The van der Waals surface area contributed by atoms with Crippen LogP contribution in [0.1, 0.15) is 11.5 Å². The number of nitrogens with zero attached hydrogens (tertiary/aromatic N) is 4. The lowest BCUT2D eigenvalue weighted by Crippen LogP contribution is -2.34. The van der Waals surface area contributed by atoms with Crippen LogP contribution < -0.4 is 0 Å². The number of hydrogen-bond acceptors (Lipinski definition) is 5. The number of rotatable bonds is 5. The molecule has 0 fully saturated rings. The highest BCUT2D eigenvalue weighted by Gasteiger charge is 2.13. The summed E-state index contributed by atoms with van der Waals surface area (Å²) in [5.74, 6) is 1.11. The summed E-state index contributed by atoms with van der Waals surface area (Å²) in [6.07, 6.45) is 0. The van der Waals surface area contributed by atoms with Crippen LogP contribution in [-0.2, 0) is 11.3 Å². The van der Waals surface area contributed by atoms with Crippen molar-refractivity contribution in [1.29, 1.82) is 0 Å². The maximum atomic E-state index is 11.6. The highest BCUT2D eigenvalue weighted by molar-refractivity contribution is 5.77. The van der Waals surface area contributed by atoms with E-state index >= 15 is 0 Å². The first-order chi connectivity index (χ1) is 9.95. The monoisotopic (exact) mass is 288 g/mol. The number of carbonyl (C=O) groups excluding carboxylic acids is 1. The number of aromatic nitrogens is 2. The predicted octanol–water partition coefficient (Wildman–Crippen LogP) is 1.57. The molecule has 1 aromatic carbocycles. The summed E-state index contributed by atoms with van der Waals surface area (Å²) in [5.41, 5.74) is 2.07. The van der Waals surface area contributed by atoms with E-state index in [-0.39, 0.29) is 5.91 Å². The number of hydrogen-bond donors (Lipinski definition) is 0. The number of amides is 1. The van der Waals surface area contributed by atoms with Gasteiger partial charge in [0.15, 0.2) is 0 Å². The van der Waals surface area contributed by atoms with E-state index in [0.717, 1.165) is 11.1 Å². The van der Waals surface area contributed by atoms with Gasteiger partial charge in [-0.3, -0.25) is 9.69 Å². The molecule has 0 spiro atoms. The standard InChI is InChI=1S/C15H20N4O2/c1-11-6-5-7-12(8-11)15-16-13(21-17-15)9-19(4)10-14(20)18(2)3/h5-8H,9-10H2,1-4H3. The molecule has 0 saturated heterocycles. The van der Waals surface area contributed by atoms with Crippen molar-refractivity contribution in [2.24, 2.45) is 0 Å². The Kier molecular flexibility index (Phi) is 4.70. The first-order valence-corrected chi connectivity index (χ1v) is 6.74. The third-order valence-electron chi connectivity index (χ3n) is 3.05. The predicted molar refractivity (Wildman–Crippen MR) is 79.5 cm³/mol. The zero-order chi connectivity index (χ0) is 15.4. The number of likely N-dealkylation sites (N-methyl/N-ethyl adjacent to an activating group) is 2. The Morgan fingerprint density at radius 1 is 1.29 bits per heavy atom. The molecule has 112 valence electrons. The zero-order valence-corrected chi connectivity index (χ0v) is 12.8. The topological polar surface area (TPSA) is 62.5 Å². The molecular formula is C15H20N4O2. The van der Waals surface area contributed by atoms with Gasteiger partial charge in [0.2, 0.25) is 17.6 Å². The van der Waals surface area contributed by atoms with Gasteiger partial charge >= 0.3 is 0 Å². The second kappa shape index (κ2) is 6.49. The summed E-state index contributed by atoms with van der Waals surface area (Å²) in [7, 11) is 5.31. The zero-order valence-electron chi connectivity index (χ0n) is 12.8. The molecule has 2 rings (SSSR count). The maximum Gasteiger partial charge on any atom is 0.241 e. The largest absolute Gasteiger partial charge is 0.348 e. The second-order valence-corrected chi connectivity index (χ2v) is 5.34. The molecule has 0 N–H and O–H groups in total. The number of carbonyl (C=O) groups is 1. The Balaban J connectivity index is 2.02. The molecule has 1 heterocycles. The summed E-state index contributed by atoms with van der Waals surface area (Å²) in [6, 6.07) is 7.93. The van der Waals surface area contributed by atoms with Gasteiger partial charge in [-0.25, -0.2) is 0 Å². The van der Waals surface area contributed by atoms with Gasteiger partial charge in [0.25, 0.3) is 0 Å². The van der Waals surface area contributed by atoms with E-state index in [1.807, 2.05) is 43.1 Å². The highest BCUT2D eigenvalue weighted by atomic mass is 16.5. The van der Waals surface area contributed by atoms with Crippen molar-refractivity contribution in [3.8, 4) is 11.4 Å². The molecule has 0 radical (unpaired) electrons. The van der Waals surface area contributed by atoms with E-state index < -0.39 is 0 Å². The highest BCUT2D eigenvalue weighted by Crippen LogP contribution is 2.17. The van der Waals surface area contributed by atoms with Gasteiger partial charge in [0.1, 0.15) is 0 Å². The molecule has 0 saturated carbocycles. The molecule has 6 nitrogen and oxygen atoms in total. The molecule has 2 aromatic rings. The molecule has 1 aromatic heterocycles. The first kappa shape index (κ1) is 15.2. The summed E-state index contributed by atoms with van der Waals surface area (Å²) in [5, 5.41) is 3.99. The summed E-state index contributed by atoms with van der Waals surface area (Å²) < 4.78 is 5.24. The molecule has 1 amide bonds. The third-order valence-corrected chi connectivity index (χ3v) is 3.05. The van der Waals surface area contributed by atoms with E-state index in [1.54, 1.807) is 19.0 Å². The van der Waals surface area contributed by atoms with Gasteiger partial charge in [-0.1, -0.05) is 28.9 Å². The van der Waals surface area contributed by atoms with Gasteiger partial charge in [-0.15, -0.1) is 0 Å². The summed E-state index contributed by atoms with van der Waals surface area (Å²) >= 11 is 0. The first-order valence-electron chi connectivity index (χ1n) is 6.74. The number of benzene rings is 1. The Bertz CT molecular complexity index is 622. The molecule has 0 aliphatic carbocycles. The van der Waals surface area contributed by atoms with Crippen LogP contribution in [0.3, 0.4) is 0 Å². The molecule has 0 bridgehead atoms. The average molecular weight is 288 g/mol. The fourth-order valence-electron chi connectivity index (χ4n) is 1.88. The van der Waals surface area contributed by atoms with Crippen molar-refractivity contribution in [3.05, 3.63) is 35.7 Å². The van der Waals surface area contributed by atoms with Gasteiger partial charge in [0, 0.05) is 19.7 Å². The summed E-state index contributed by atoms with van der Waals surface area (Å²) in [6.45, 7) is 2.78. The summed E-state index contributed by atoms with van der Waals surface area (Å²) in [4.78, 5) is 19.4. The quantitative estimate of drug-likeness (QED) is 0.835. The Labute approximate surface area is 124 Å². The lowest BCUT2D eigenvalue weighted by molar-refractivity contribution is -0.129. The average Bonchev–Trinajstić information content (AvgIpc) is 2.86. The second-order valence-electron chi connectivity index (χ2n) is 5.34. The van der Waals surface area contributed by atoms with Crippen LogP contribution in [0.5, 0.6) is 0 Å². The van der Waals surface area contributed by atoms with Crippen LogP contribution in [0.15, 0.2) is 28.8 Å². The van der Waals surface area contributed by atoms with Crippen molar-refractivity contribution in [1.82, 2.24) is 19.9 Å². The minimum atomic E-state index is 0.0379. The molecule has 21 heavy (non-hydrogen) atoms. The van der Waals surface area contributed by atoms with Crippen LogP contribution in [0.4, 0.5) is 0 Å². The van der Waals surface area contributed by atoms with Crippen molar-refractivity contribution in [2.45, 2.75) is 13.5 Å². The Morgan fingerprint density at radius 3 is 2.71 bits per heavy atom. The molecule has 0 aliphatic rings. The van der Waals surface area contributed by atoms with E-state index in [0.29, 0.717) is 24.8 Å². The Hall–Kier alpha value is -2.21. The normalized spacial score (nSPS) is 10.9. The fraction of sp³-hybridized carbons (Fsp3) is 0.400. The lowest BCUT2D eigenvalue weighted by Gasteiger charge is -2.16. The molecule has 0 unspecified atom stereocenters. The van der Waals surface area contributed by atoms with Gasteiger partial charge in [-0.2, -0.15) is 4.98 Å². The molecule has 0 atom stereocenters. The molecule has 0 aliphatic heterocycles. The minimum Gasteiger partial charge on any atom is -0.348 e. The lowest BCUT2D eigenvalue weighted by atomic mass is 10.1. The van der Waals surface area contributed by atoms with Gasteiger partial charge in [0.05, 0.1) is 13.1 Å². The van der Waals surface area contributed by atoms with Crippen LogP contribution in [0.2, 0.25) is 0 Å². The van der Waals surface area contributed by atoms with Crippen LogP contribution in [0, 0.1) is 6.92 Å². The third kappa shape index (κ3) is 4.13. The van der Waals surface area contributed by atoms with Gasteiger partial charge in [-0.05, 0) is 20.0 Å². The van der Waals surface area contributed by atoms with E-state index in [4.69, 9.17) is 4.52 Å². The maximum absolute atomic E-state index is 11.6. The number of aryl methyl sites for hydroxylation is 1. The van der Waals surface area contributed by atoms with Crippen molar-refractivity contribution < 1.29 is 9.32 Å². The van der Waals surface area contributed by atoms with Crippen molar-refractivity contribution in [3.63, 3.8) is 0 Å². The van der Waals surface area contributed by atoms with E-state index in [1.165, 1.54) is 0 Å². The molecular weight excluding hydrogens is 268 g/mol. The van der Waals surface area contributed by atoms with Crippen molar-refractivity contribution in [2.75, 3.05) is 27.7 Å². The van der Waals surface area contributed by atoms with E-state index in [2.05, 4.69) is 10.1 Å². The van der Waals surface area contributed by atoms with Crippen LogP contribution >= 0.6 is 0 Å². The fourth-order valence-corrected chi connectivity index (χ4v) is 1.88. The van der Waals surface area contributed by atoms with Crippen LogP contribution in [0.25, 0.3) is 11.4 Å². The smallest absolute Gasteiger partial charge is 0.241 e. The minimum absolute atomic E-state index is 0.0379.